The fourth-order valence-electron chi connectivity index (χ4n) is 6.77. The highest BCUT2D eigenvalue weighted by Gasteiger charge is 2.44. The number of nitrogens with one attached hydrogen (secondary N) is 2. The molecule has 0 spiro atoms. The van der Waals surface area contributed by atoms with Crippen LogP contribution in [0.4, 0.5) is 5.69 Å². The standard InChI is InChI=1S/C27H38N2O9.C17H19NO3/c1-6-7-8-10-19-24(38-21(31)13-15(2)3)17(5)37-27(35)22(16(4)36-26(19)34)29-25(33)18-11-9-12-20(23(18)32)28-14-30;19-17(18-10-4-1-5-11-18)7-3-2-6-14-8-9-15-16(12-14)21-13-20-15/h9,11-12,14-17,19,22,24,32H,6-8,10,13H2,1-5H3,(H,28,30)(H,29,33);2-3,6-9,12H,1,4-5,10-11,13H2. The summed E-state index contributed by atoms with van der Waals surface area (Å²) >= 11 is 0. The number of anilines is 1. The van der Waals surface area contributed by atoms with Crippen molar-refractivity contribution >= 4 is 47.9 Å². The molecule has 5 rings (SSSR count). The van der Waals surface area contributed by atoms with E-state index >= 15 is 0 Å². The lowest BCUT2D eigenvalue weighted by Gasteiger charge is -2.29. The third kappa shape index (κ3) is 13.6. The molecule has 59 heavy (non-hydrogen) atoms. The number of fused-ring (bicyclic) bond motifs is 1. The van der Waals surface area contributed by atoms with Crippen LogP contribution in [0, 0.1) is 11.8 Å². The second-order valence-electron chi connectivity index (χ2n) is 15.1. The average molecular weight is 820 g/mol. The van der Waals surface area contributed by atoms with Crippen molar-refractivity contribution in [3.63, 3.8) is 0 Å². The zero-order chi connectivity index (χ0) is 42.9. The first kappa shape index (κ1) is 45.8. The number of phenolic OH excluding ortho intramolecular Hbond substituents is 1. The Morgan fingerprint density at radius 1 is 0.949 bits per heavy atom. The van der Waals surface area contributed by atoms with Crippen LogP contribution in [0.25, 0.3) is 6.08 Å². The molecule has 3 heterocycles. The van der Waals surface area contributed by atoms with Crippen LogP contribution in [0.5, 0.6) is 17.2 Å². The number of ether oxygens (including phenoxy) is 5. The van der Waals surface area contributed by atoms with Gasteiger partial charge in [0.2, 0.25) is 19.1 Å². The van der Waals surface area contributed by atoms with E-state index in [2.05, 4.69) is 10.6 Å². The molecule has 3 amide bonds. The van der Waals surface area contributed by atoms with Gasteiger partial charge in [-0.15, -0.1) is 0 Å². The van der Waals surface area contributed by atoms with Crippen molar-refractivity contribution in [1.29, 1.82) is 0 Å². The fourth-order valence-corrected chi connectivity index (χ4v) is 6.77. The van der Waals surface area contributed by atoms with Crippen molar-refractivity contribution in [3.8, 4) is 17.2 Å². The van der Waals surface area contributed by atoms with E-state index in [1.165, 1.54) is 38.5 Å². The molecule has 0 aromatic heterocycles. The van der Waals surface area contributed by atoms with Gasteiger partial charge in [-0.3, -0.25) is 24.0 Å². The van der Waals surface area contributed by atoms with Gasteiger partial charge in [0.25, 0.3) is 5.91 Å². The maximum absolute atomic E-state index is 13.3. The van der Waals surface area contributed by atoms with Gasteiger partial charge < -0.3 is 44.3 Å². The number of piperidine rings is 1. The summed E-state index contributed by atoms with van der Waals surface area (Å²) in [5.74, 6) is -2.62. The number of unbranched alkanes of at least 4 members (excludes halogenated alkanes) is 2. The number of allylic oxidation sites excluding steroid dienone is 2. The minimum absolute atomic E-state index is 0.00114. The molecule has 15 heteroatoms. The number of esters is 3. The number of likely N-dealkylation sites (tertiary alicyclic amines) is 1. The number of hydrogen-bond donors (Lipinski definition) is 3. The summed E-state index contributed by atoms with van der Waals surface area (Å²) in [5.41, 5.74) is 0.808. The van der Waals surface area contributed by atoms with Gasteiger partial charge >= 0.3 is 17.9 Å². The molecule has 2 aromatic rings. The van der Waals surface area contributed by atoms with E-state index in [0.29, 0.717) is 19.3 Å². The van der Waals surface area contributed by atoms with Crippen molar-refractivity contribution < 1.29 is 57.6 Å². The summed E-state index contributed by atoms with van der Waals surface area (Å²) in [7, 11) is 0. The summed E-state index contributed by atoms with van der Waals surface area (Å²) in [5, 5.41) is 15.1. The Balaban J connectivity index is 0.000000305. The number of rotatable bonds is 14. The van der Waals surface area contributed by atoms with Gasteiger partial charge in [0.05, 0.1) is 17.2 Å². The highest BCUT2D eigenvalue weighted by atomic mass is 16.7. The Bertz CT molecular complexity index is 1840. The lowest BCUT2D eigenvalue weighted by molar-refractivity contribution is -0.175. The van der Waals surface area contributed by atoms with Crippen LogP contribution >= 0.6 is 0 Å². The number of benzene rings is 2. The Hall–Kier alpha value is -5.86. The molecule has 15 nitrogen and oxygen atoms in total. The van der Waals surface area contributed by atoms with Gasteiger partial charge in [-0.05, 0) is 75.3 Å². The van der Waals surface area contributed by atoms with E-state index in [-0.39, 0.29) is 36.3 Å². The number of cyclic esters (lactones) is 2. The number of aromatic hydroxyl groups is 1. The highest BCUT2D eigenvalue weighted by Crippen LogP contribution is 2.33. The summed E-state index contributed by atoms with van der Waals surface area (Å²) in [6.07, 6.45) is 10.8. The fraction of sp³-hybridized carbons (Fsp3) is 0.500. The number of para-hydroxylation sites is 1. The molecule has 3 aliphatic heterocycles. The van der Waals surface area contributed by atoms with Crippen molar-refractivity contribution in [2.45, 2.75) is 110 Å². The second kappa shape index (κ2) is 22.9. The smallest absolute Gasteiger partial charge is 0.332 e. The van der Waals surface area contributed by atoms with E-state index in [0.717, 1.165) is 55.8 Å². The monoisotopic (exact) mass is 819 g/mol. The maximum atomic E-state index is 13.3. The van der Waals surface area contributed by atoms with Gasteiger partial charge in [0.15, 0.2) is 29.4 Å². The summed E-state index contributed by atoms with van der Waals surface area (Å²) in [4.78, 5) is 76.6. The molecule has 3 N–H and O–H groups in total. The maximum Gasteiger partial charge on any atom is 0.332 e. The predicted molar refractivity (Wildman–Crippen MR) is 218 cm³/mol. The van der Waals surface area contributed by atoms with Gasteiger partial charge in [-0.2, -0.15) is 0 Å². The molecule has 2 aromatic carbocycles. The minimum Gasteiger partial charge on any atom is -0.505 e. The number of hydrogen-bond acceptors (Lipinski definition) is 12. The van der Waals surface area contributed by atoms with E-state index in [1.807, 2.05) is 56.0 Å². The molecule has 2 fully saturated rings. The Labute approximate surface area is 345 Å². The molecular formula is C44H57N3O12. The Morgan fingerprint density at radius 3 is 2.39 bits per heavy atom. The molecule has 3 aliphatic rings. The van der Waals surface area contributed by atoms with E-state index in [1.54, 1.807) is 12.2 Å². The number of carbonyl (C=O) groups excluding carboxylic acids is 6. The zero-order valence-corrected chi connectivity index (χ0v) is 34.5. The second-order valence-corrected chi connectivity index (χ2v) is 15.1. The van der Waals surface area contributed by atoms with Crippen molar-refractivity contribution in [2.75, 3.05) is 25.2 Å². The van der Waals surface area contributed by atoms with Crippen LogP contribution in [-0.4, -0.2) is 90.4 Å². The van der Waals surface area contributed by atoms with Crippen molar-refractivity contribution in [2.24, 2.45) is 11.8 Å². The van der Waals surface area contributed by atoms with Crippen LogP contribution in [0.3, 0.4) is 0 Å². The third-order valence-electron chi connectivity index (χ3n) is 9.94. The zero-order valence-electron chi connectivity index (χ0n) is 34.5. The first-order chi connectivity index (χ1) is 28.3. The van der Waals surface area contributed by atoms with Crippen LogP contribution in [-0.2, 0) is 38.2 Å². The lowest BCUT2D eigenvalue weighted by Crippen LogP contribution is -2.50. The number of carbonyl (C=O) groups is 6. The number of amides is 3. The predicted octanol–water partition coefficient (Wildman–Crippen LogP) is 6.09. The number of phenols is 1. The molecule has 0 saturated carbocycles. The van der Waals surface area contributed by atoms with Gasteiger partial charge in [-0.1, -0.05) is 70.4 Å². The molecule has 5 unspecified atom stereocenters. The third-order valence-corrected chi connectivity index (χ3v) is 9.94. The first-order valence-corrected chi connectivity index (χ1v) is 20.3. The molecule has 0 aliphatic carbocycles. The van der Waals surface area contributed by atoms with Gasteiger partial charge in [-0.25, -0.2) is 4.79 Å². The normalized spacial score (nSPS) is 21.7. The summed E-state index contributed by atoms with van der Waals surface area (Å²) < 4.78 is 27.5. The molecule has 0 radical (unpaired) electrons. The van der Waals surface area contributed by atoms with Crippen LogP contribution in [0.1, 0.15) is 102 Å². The lowest BCUT2D eigenvalue weighted by atomic mass is 9.92. The topological polar surface area (TPSA) is 196 Å². The average Bonchev–Trinajstić information content (AvgIpc) is 3.69. The SMILES string of the molecule is CCCCCC1C(=O)OC(C)C(NC(=O)c2cccc(NC=O)c2O)C(=O)OC(C)C1OC(=O)CC(C)C.O=C(C=CC=Cc1ccc2c(c1)OCO2)N1CCCCC1. The summed E-state index contributed by atoms with van der Waals surface area (Å²) in [6.45, 7) is 10.8. The van der Waals surface area contributed by atoms with Crippen molar-refractivity contribution in [1.82, 2.24) is 10.2 Å². The van der Waals surface area contributed by atoms with E-state index < -0.39 is 59.8 Å². The Kier molecular flexibility index (Phi) is 17.8. The highest BCUT2D eigenvalue weighted by molar-refractivity contribution is 6.01. The first-order valence-electron chi connectivity index (χ1n) is 20.3. The van der Waals surface area contributed by atoms with E-state index in [4.69, 9.17) is 23.7 Å². The summed E-state index contributed by atoms with van der Waals surface area (Å²) in [6, 6.07) is 8.49. The van der Waals surface area contributed by atoms with Crippen molar-refractivity contribution in [3.05, 3.63) is 65.8 Å². The van der Waals surface area contributed by atoms with E-state index in [9.17, 15) is 33.9 Å². The molecule has 2 saturated heterocycles. The minimum atomic E-state index is -1.42. The van der Waals surface area contributed by atoms with Gasteiger partial charge in [0.1, 0.15) is 12.2 Å². The Morgan fingerprint density at radius 2 is 1.68 bits per heavy atom. The van der Waals surface area contributed by atoms with Gasteiger partial charge in [0, 0.05) is 25.6 Å². The quantitative estimate of drug-likeness (QED) is 0.0378. The molecule has 5 atom stereocenters. The van der Waals surface area contributed by atoms with Crippen LogP contribution in [0.15, 0.2) is 54.6 Å². The van der Waals surface area contributed by atoms with Crippen LogP contribution < -0.4 is 20.1 Å². The largest absolute Gasteiger partial charge is 0.505 e. The number of nitrogens with zero attached hydrogens (tertiary/aromatic N) is 1. The van der Waals surface area contributed by atoms with Crippen LogP contribution in [0.2, 0.25) is 0 Å². The molecule has 320 valence electrons. The molecular weight excluding hydrogens is 762 g/mol. The molecule has 0 bridgehead atoms.